The Morgan fingerprint density at radius 1 is 1.11 bits per heavy atom. The molecule has 0 aliphatic carbocycles. The highest BCUT2D eigenvalue weighted by Gasteiger charge is 2.22. The third kappa shape index (κ3) is 6.36. The highest BCUT2D eigenvalue weighted by atomic mass is 32.1. The van der Waals surface area contributed by atoms with Gasteiger partial charge in [0.2, 0.25) is 0 Å². The van der Waals surface area contributed by atoms with Crippen molar-refractivity contribution >= 4 is 23.3 Å². The predicted octanol–water partition coefficient (Wildman–Crippen LogP) is 4.20. The highest BCUT2D eigenvalue weighted by Crippen LogP contribution is 2.24. The molecule has 7 heteroatoms. The van der Waals surface area contributed by atoms with Crippen molar-refractivity contribution in [1.82, 2.24) is 15.6 Å². The molecule has 0 spiro atoms. The van der Waals surface area contributed by atoms with Crippen LogP contribution in [0.1, 0.15) is 60.4 Å². The number of ether oxygens (including phenoxy) is 1. The van der Waals surface area contributed by atoms with Crippen molar-refractivity contribution in [3.63, 3.8) is 0 Å². The van der Waals surface area contributed by atoms with Crippen molar-refractivity contribution in [2.24, 2.45) is 0 Å². The van der Waals surface area contributed by atoms with Gasteiger partial charge in [0, 0.05) is 4.88 Å². The summed E-state index contributed by atoms with van der Waals surface area (Å²) in [4.78, 5) is 30.1. The van der Waals surface area contributed by atoms with E-state index in [1.165, 1.54) is 0 Å². The number of benzene rings is 1. The summed E-state index contributed by atoms with van der Waals surface area (Å²) in [5.74, 6) is -0.346. The Kier molecular flexibility index (Phi) is 7.36. The van der Waals surface area contributed by atoms with Gasteiger partial charge in [-0.1, -0.05) is 30.3 Å². The molecule has 1 aromatic carbocycles. The average Bonchev–Trinajstić information content (AvgIpc) is 2.92. The van der Waals surface area contributed by atoms with Crippen LogP contribution in [-0.2, 0) is 9.53 Å². The number of carbonyl (C=O) groups is 2. The maximum absolute atomic E-state index is 12.5. The van der Waals surface area contributed by atoms with Gasteiger partial charge in [-0.15, -0.1) is 11.3 Å². The van der Waals surface area contributed by atoms with Gasteiger partial charge in [0.15, 0.2) is 0 Å². The van der Waals surface area contributed by atoms with Crippen molar-refractivity contribution in [2.75, 3.05) is 0 Å². The molecule has 0 unspecified atom stereocenters. The van der Waals surface area contributed by atoms with Crippen LogP contribution in [0, 0.1) is 13.8 Å². The molecule has 2 amide bonds. The van der Waals surface area contributed by atoms with Crippen LogP contribution in [0.5, 0.6) is 0 Å². The zero-order valence-electron chi connectivity index (χ0n) is 16.4. The Morgan fingerprint density at radius 2 is 1.78 bits per heavy atom. The number of rotatable bonds is 7. The molecule has 0 saturated carbocycles. The van der Waals surface area contributed by atoms with Crippen LogP contribution in [0.4, 0.5) is 4.79 Å². The summed E-state index contributed by atoms with van der Waals surface area (Å²) in [6, 6.07) is 8.44. The molecule has 0 aliphatic rings. The normalized spacial score (nSPS) is 13.1. The Bertz CT molecular complexity index is 774. The van der Waals surface area contributed by atoms with E-state index in [9.17, 15) is 9.59 Å². The van der Waals surface area contributed by atoms with Crippen molar-refractivity contribution in [2.45, 2.75) is 59.2 Å². The van der Waals surface area contributed by atoms with E-state index in [1.807, 2.05) is 51.1 Å². The largest absolute Gasteiger partial charge is 0.463 e. The molecule has 2 N–H and O–H groups in total. The lowest BCUT2D eigenvalue weighted by molar-refractivity contribution is -0.147. The number of nitrogens with zero attached hydrogens (tertiary/aromatic N) is 1. The molecule has 0 aliphatic heterocycles. The molecule has 0 saturated heterocycles. The number of hydrogen-bond acceptors (Lipinski definition) is 5. The molecule has 0 radical (unpaired) electrons. The van der Waals surface area contributed by atoms with E-state index >= 15 is 0 Å². The van der Waals surface area contributed by atoms with E-state index in [0.717, 1.165) is 21.1 Å². The van der Waals surface area contributed by atoms with Crippen molar-refractivity contribution < 1.29 is 14.3 Å². The first kappa shape index (κ1) is 20.9. The van der Waals surface area contributed by atoms with Gasteiger partial charge < -0.3 is 15.4 Å². The number of hydrogen-bond donors (Lipinski definition) is 2. The standard InChI is InChI=1S/C20H27N3O3S/c1-12(2)26-18(24)11-17(16-9-7-6-8-10-16)23-20(25)22-14(4)19-13(3)21-15(5)27-19/h6-10,12,14,17H,11H2,1-5H3,(H2,22,23,25)/t14-,17+/m1/s1. The maximum atomic E-state index is 12.5. The molecule has 146 valence electrons. The summed E-state index contributed by atoms with van der Waals surface area (Å²) in [6.45, 7) is 9.40. The minimum atomic E-state index is -0.464. The molecule has 2 aromatic rings. The molecule has 0 bridgehead atoms. The minimum absolute atomic E-state index is 0.0721. The topological polar surface area (TPSA) is 80.3 Å². The van der Waals surface area contributed by atoms with Gasteiger partial charge in [0.25, 0.3) is 0 Å². The van der Waals surface area contributed by atoms with Crippen molar-refractivity contribution in [1.29, 1.82) is 0 Å². The fourth-order valence-corrected chi connectivity index (χ4v) is 3.76. The first-order valence-electron chi connectivity index (χ1n) is 9.01. The third-order valence-electron chi connectivity index (χ3n) is 3.93. The van der Waals surface area contributed by atoms with E-state index in [1.54, 1.807) is 25.2 Å². The van der Waals surface area contributed by atoms with Crippen molar-refractivity contribution in [3.8, 4) is 0 Å². The number of esters is 1. The summed E-state index contributed by atoms with van der Waals surface area (Å²) in [6.07, 6.45) is -0.122. The monoisotopic (exact) mass is 389 g/mol. The number of urea groups is 1. The van der Waals surface area contributed by atoms with Crippen LogP contribution in [-0.4, -0.2) is 23.1 Å². The van der Waals surface area contributed by atoms with E-state index in [4.69, 9.17) is 4.74 Å². The van der Waals surface area contributed by atoms with E-state index in [-0.39, 0.29) is 30.6 Å². The van der Waals surface area contributed by atoms with E-state index in [0.29, 0.717) is 0 Å². The average molecular weight is 390 g/mol. The summed E-state index contributed by atoms with van der Waals surface area (Å²) in [5.41, 5.74) is 1.77. The zero-order valence-corrected chi connectivity index (χ0v) is 17.2. The Hall–Kier alpha value is -2.41. The fraction of sp³-hybridized carbons (Fsp3) is 0.450. The third-order valence-corrected chi connectivity index (χ3v) is 5.18. The van der Waals surface area contributed by atoms with Crippen molar-refractivity contribution in [3.05, 3.63) is 51.5 Å². The zero-order chi connectivity index (χ0) is 20.0. The van der Waals surface area contributed by atoms with E-state index in [2.05, 4.69) is 15.6 Å². The van der Waals surface area contributed by atoms with Gasteiger partial charge in [-0.05, 0) is 40.2 Å². The van der Waals surface area contributed by atoms with Gasteiger partial charge in [-0.3, -0.25) is 4.79 Å². The lowest BCUT2D eigenvalue weighted by Crippen LogP contribution is -2.40. The number of thiazole rings is 1. The minimum Gasteiger partial charge on any atom is -0.463 e. The molecule has 1 heterocycles. The molecular formula is C20H27N3O3S. The summed E-state index contributed by atoms with van der Waals surface area (Å²) in [5, 5.41) is 6.80. The van der Waals surface area contributed by atoms with Crippen LogP contribution in [0.2, 0.25) is 0 Å². The molecule has 2 rings (SSSR count). The fourth-order valence-electron chi connectivity index (χ4n) is 2.83. The summed E-state index contributed by atoms with van der Waals surface area (Å²) < 4.78 is 5.24. The van der Waals surface area contributed by atoms with Gasteiger partial charge in [0.1, 0.15) is 0 Å². The summed E-state index contributed by atoms with van der Waals surface area (Å²) in [7, 11) is 0. The van der Waals surface area contributed by atoms with Crippen LogP contribution in [0.25, 0.3) is 0 Å². The lowest BCUT2D eigenvalue weighted by Gasteiger charge is -2.21. The number of aryl methyl sites for hydroxylation is 2. The first-order chi connectivity index (χ1) is 12.8. The number of aromatic nitrogens is 1. The quantitative estimate of drug-likeness (QED) is 0.696. The van der Waals surface area contributed by atoms with Gasteiger partial charge in [0.05, 0.1) is 35.3 Å². The van der Waals surface area contributed by atoms with Gasteiger partial charge in [-0.25, -0.2) is 9.78 Å². The molecule has 2 atom stereocenters. The number of amides is 2. The van der Waals surface area contributed by atoms with Gasteiger partial charge >= 0.3 is 12.0 Å². The second-order valence-electron chi connectivity index (χ2n) is 6.73. The Labute approximate surface area is 164 Å². The van der Waals surface area contributed by atoms with Crippen LogP contribution < -0.4 is 10.6 Å². The van der Waals surface area contributed by atoms with Crippen LogP contribution in [0.3, 0.4) is 0 Å². The highest BCUT2D eigenvalue weighted by molar-refractivity contribution is 7.11. The summed E-state index contributed by atoms with van der Waals surface area (Å²) >= 11 is 1.57. The second kappa shape index (κ2) is 9.50. The maximum Gasteiger partial charge on any atom is 0.315 e. The smallest absolute Gasteiger partial charge is 0.315 e. The van der Waals surface area contributed by atoms with Crippen LogP contribution in [0.15, 0.2) is 30.3 Å². The van der Waals surface area contributed by atoms with Gasteiger partial charge in [-0.2, -0.15) is 0 Å². The molecule has 0 fully saturated rings. The Balaban J connectivity index is 2.06. The first-order valence-corrected chi connectivity index (χ1v) is 9.83. The predicted molar refractivity (Wildman–Crippen MR) is 107 cm³/mol. The van der Waals surface area contributed by atoms with E-state index < -0.39 is 6.04 Å². The number of nitrogens with one attached hydrogen (secondary N) is 2. The van der Waals surface area contributed by atoms with Crippen LogP contribution >= 0.6 is 11.3 Å². The Morgan fingerprint density at radius 3 is 2.33 bits per heavy atom. The second-order valence-corrected chi connectivity index (χ2v) is 7.96. The lowest BCUT2D eigenvalue weighted by atomic mass is 10.0. The number of carbonyl (C=O) groups excluding carboxylic acids is 2. The molecule has 1 aromatic heterocycles. The SMILES string of the molecule is Cc1nc(C)c([C@@H](C)NC(=O)N[C@@H](CC(=O)OC(C)C)c2ccccc2)s1. The molecular weight excluding hydrogens is 362 g/mol. The molecule has 6 nitrogen and oxygen atoms in total. The molecule has 27 heavy (non-hydrogen) atoms.